The van der Waals surface area contributed by atoms with Crippen molar-refractivity contribution in [2.75, 3.05) is 13.1 Å². The molecule has 25 heavy (non-hydrogen) atoms. The molecule has 4 nitrogen and oxygen atoms in total. The van der Waals surface area contributed by atoms with Crippen LogP contribution in [0.25, 0.3) is 0 Å². The second-order valence-corrected chi connectivity index (χ2v) is 7.07. The first-order valence-electron chi connectivity index (χ1n) is 8.84. The maximum absolute atomic E-state index is 12.2. The number of aryl methyl sites for hydroxylation is 2. The van der Waals surface area contributed by atoms with Crippen molar-refractivity contribution >= 4 is 23.2 Å². The van der Waals surface area contributed by atoms with Crippen LogP contribution in [0.5, 0.6) is 0 Å². The SMILES string of the molecule is CCCc1sc(C(=O)NCC(=O)NCCc2ccccc2)cc1CC. The van der Waals surface area contributed by atoms with Crippen LogP contribution in [0.4, 0.5) is 0 Å². The summed E-state index contributed by atoms with van der Waals surface area (Å²) in [5.41, 5.74) is 2.42. The van der Waals surface area contributed by atoms with Crippen LogP contribution in [-0.4, -0.2) is 24.9 Å². The van der Waals surface area contributed by atoms with Gasteiger partial charge in [0.15, 0.2) is 0 Å². The molecule has 0 spiro atoms. The van der Waals surface area contributed by atoms with E-state index in [1.165, 1.54) is 27.3 Å². The van der Waals surface area contributed by atoms with Gasteiger partial charge in [-0.3, -0.25) is 9.59 Å². The van der Waals surface area contributed by atoms with E-state index in [4.69, 9.17) is 0 Å². The Bertz CT molecular complexity index is 695. The molecule has 5 heteroatoms. The fourth-order valence-corrected chi connectivity index (χ4v) is 3.89. The van der Waals surface area contributed by atoms with Crippen LogP contribution in [0, 0.1) is 0 Å². The van der Waals surface area contributed by atoms with Crippen molar-refractivity contribution in [3.8, 4) is 0 Å². The third kappa shape index (κ3) is 6.02. The Morgan fingerprint density at radius 2 is 1.80 bits per heavy atom. The zero-order valence-corrected chi connectivity index (χ0v) is 15.7. The normalized spacial score (nSPS) is 10.5. The molecule has 134 valence electrons. The number of hydrogen-bond donors (Lipinski definition) is 2. The molecule has 2 N–H and O–H groups in total. The Labute approximate surface area is 153 Å². The smallest absolute Gasteiger partial charge is 0.261 e. The number of thiophene rings is 1. The van der Waals surface area contributed by atoms with E-state index in [9.17, 15) is 9.59 Å². The highest BCUT2D eigenvalue weighted by Crippen LogP contribution is 2.24. The summed E-state index contributed by atoms with van der Waals surface area (Å²) in [6.07, 6.45) is 3.78. The van der Waals surface area contributed by atoms with Crippen LogP contribution in [-0.2, 0) is 24.1 Å². The summed E-state index contributed by atoms with van der Waals surface area (Å²) in [5.74, 6) is -0.328. The van der Waals surface area contributed by atoms with E-state index in [0.29, 0.717) is 11.4 Å². The first-order valence-corrected chi connectivity index (χ1v) is 9.66. The van der Waals surface area contributed by atoms with Crippen LogP contribution in [0.2, 0.25) is 0 Å². The molecular weight excluding hydrogens is 332 g/mol. The lowest BCUT2D eigenvalue weighted by Crippen LogP contribution is -2.37. The molecule has 0 aliphatic heterocycles. The number of benzene rings is 1. The zero-order chi connectivity index (χ0) is 18.1. The average molecular weight is 359 g/mol. The summed E-state index contributed by atoms with van der Waals surface area (Å²) < 4.78 is 0. The van der Waals surface area contributed by atoms with Crippen LogP contribution in [0.1, 0.15) is 45.9 Å². The zero-order valence-electron chi connectivity index (χ0n) is 14.9. The second-order valence-electron chi connectivity index (χ2n) is 5.93. The fourth-order valence-electron chi connectivity index (χ4n) is 2.62. The van der Waals surface area contributed by atoms with Crippen molar-refractivity contribution < 1.29 is 9.59 Å². The molecular formula is C20H26N2O2S. The number of nitrogens with one attached hydrogen (secondary N) is 2. The van der Waals surface area contributed by atoms with Crippen molar-refractivity contribution in [3.63, 3.8) is 0 Å². The van der Waals surface area contributed by atoms with Crippen LogP contribution < -0.4 is 10.6 Å². The summed E-state index contributed by atoms with van der Waals surface area (Å²) in [4.78, 5) is 26.1. The molecule has 0 saturated carbocycles. The van der Waals surface area contributed by atoms with Gasteiger partial charge in [0.05, 0.1) is 11.4 Å². The average Bonchev–Trinajstić information content (AvgIpc) is 3.04. The van der Waals surface area contributed by atoms with Gasteiger partial charge in [-0.2, -0.15) is 0 Å². The number of carbonyl (C=O) groups is 2. The molecule has 0 bridgehead atoms. The summed E-state index contributed by atoms with van der Waals surface area (Å²) in [7, 11) is 0. The second kappa shape index (κ2) is 9.99. The van der Waals surface area contributed by atoms with E-state index in [1.54, 1.807) is 0 Å². The molecule has 2 amide bonds. The van der Waals surface area contributed by atoms with Gasteiger partial charge in [0.1, 0.15) is 0 Å². The molecule has 0 atom stereocenters. The van der Waals surface area contributed by atoms with Gasteiger partial charge in [0.25, 0.3) is 5.91 Å². The summed E-state index contributed by atoms with van der Waals surface area (Å²) in [6.45, 7) is 4.82. The molecule has 1 aromatic heterocycles. The van der Waals surface area contributed by atoms with Crippen molar-refractivity contribution in [1.82, 2.24) is 10.6 Å². The third-order valence-electron chi connectivity index (χ3n) is 3.97. The summed E-state index contributed by atoms with van der Waals surface area (Å²) in [6, 6.07) is 12.0. The lowest BCUT2D eigenvalue weighted by atomic mass is 10.1. The highest BCUT2D eigenvalue weighted by Gasteiger charge is 2.14. The quantitative estimate of drug-likeness (QED) is 0.722. The van der Waals surface area contributed by atoms with Crippen molar-refractivity contribution in [2.24, 2.45) is 0 Å². The first-order chi connectivity index (χ1) is 12.1. The number of carbonyl (C=O) groups excluding carboxylic acids is 2. The lowest BCUT2D eigenvalue weighted by Gasteiger charge is -2.06. The van der Waals surface area contributed by atoms with E-state index in [1.807, 2.05) is 36.4 Å². The van der Waals surface area contributed by atoms with Gasteiger partial charge >= 0.3 is 0 Å². The number of rotatable bonds is 9. The van der Waals surface area contributed by atoms with Crippen molar-refractivity contribution in [3.05, 3.63) is 57.3 Å². The highest BCUT2D eigenvalue weighted by molar-refractivity contribution is 7.14. The minimum Gasteiger partial charge on any atom is -0.354 e. The Hall–Kier alpha value is -2.14. The predicted octanol–water partition coefficient (Wildman–Crippen LogP) is 3.35. The topological polar surface area (TPSA) is 58.2 Å². The van der Waals surface area contributed by atoms with Gasteiger partial charge < -0.3 is 10.6 Å². The standard InChI is InChI=1S/C20H26N2O2S/c1-3-8-17-16(4-2)13-18(25-17)20(24)22-14-19(23)21-12-11-15-9-6-5-7-10-15/h5-7,9-10,13H,3-4,8,11-12,14H2,1-2H3,(H,21,23)(H,22,24). The van der Waals surface area contributed by atoms with Crippen LogP contribution >= 0.6 is 11.3 Å². The molecule has 0 saturated heterocycles. The van der Waals surface area contributed by atoms with Crippen molar-refractivity contribution in [1.29, 1.82) is 0 Å². The maximum Gasteiger partial charge on any atom is 0.261 e. The van der Waals surface area contributed by atoms with E-state index in [0.717, 1.165) is 25.7 Å². The highest BCUT2D eigenvalue weighted by atomic mass is 32.1. The van der Waals surface area contributed by atoms with Gasteiger partial charge in [0.2, 0.25) is 5.91 Å². The summed E-state index contributed by atoms with van der Waals surface area (Å²) >= 11 is 1.54. The minimum absolute atomic E-state index is 0.0100. The van der Waals surface area contributed by atoms with Gasteiger partial charge in [-0.25, -0.2) is 0 Å². The molecule has 1 aromatic carbocycles. The lowest BCUT2D eigenvalue weighted by molar-refractivity contribution is -0.120. The van der Waals surface area contributed by atoms with Gasteiger partial charge in [-0.15, -0.1) is 11.3 Å². The Balaban J connectivity index is 1.76. The molecule has 1 heterocycles. The number of amides is 2. The molecule has 2 rings (SSSR count). The molecule has 2 aromatic rings. The predicted molar refractivity (Wildman–Crippen MR) is 103 cm³/mol. The largest absolute Gasteiger partial charge is 0.354 e. The van der Waals surface area contributed by atoms with E-state index in [-0.39, 0.29) is 18.4 Å². The van der Waals surface area contributed by atoms with Gasteiger partial charge in [0, 0.05) is 11.4 Å². The molecule has 0 fully saturated rings. The van der Waals surface area contributed by atoms with E-state index >= 15 is 0 Å². The van der Waals surface area contributed by atoms with E-state index in [2.05, 4.69) is 24.5 Å². The number of hydrogen-bond acceptors (Lipinski definition) is 3. The monoisotopic (exact) mass is 358 g/mol. The van der Waals surface area contributed by atoms with Gasteiger partial charge in [-0.1, -0.05) is 50.6 Å². The third-order valence-corrected chi connectivity index (χ3v) is 5.20. The Morgan fingerprint density at radius 1 is 1.04 bits per heavy atom. The maximum atomic E-state index is 12.2. The van der Waals surface area contributed by atoms with Crippen LogP contribution in [0.3, 0.4) is 0 Å². The molecule has 0 aliphatic carbocycles. The summed E-state index contributed by atoms with van der Waals surface area (Å²) in [5, 5.41) is 5.55. The van der Waals surface area contributed by atoms with E-state index < -0.39 is 0 Å². The van der Waals surface area contributed by atoms with Crippen molar-refractivity contribution in [2.45, 2.75) is 39.5 Å². The molecule has 0 unspecified atom stereocenters. The van der Waals surface area contributed by atoms with Gasteiger partial charge in [-0.05, 0) is 36.5 Å². The molecule has 0 radical (unpaired) electrons. The molecule has 0 aliphatic rings. The Morgan fingerprint density at radius 3 is 2.48 bits per heavy atom. The Kier molecular flexibility index (Phi) is 7.67. The fraction of sp³-hybridized carbons (Fsp3) is 0.400. The minimum atomic E-state index is -0.166. The first kappa shape index (κ1) is 19.2. The van der Waals surface area contributed by atoms with Crippen LogP contribution in [0.15, 0.2) is 36.4 Å².